The number of hydrogen-bond donors (Lipinski definition) is 1. The van der Waals surface area contributed by atoms with Crippen molar-refractivity contribution in [2.45, 2.75) is 38.3 Å². The Hall–Kier alpha value is -3.44. The molecule has 0 unspecified atom stereocenters. The standard InChI is InChI=1S/C22H21N3O5/c1-12-7-18-20(22(26)25(12)10-14-3-2-6-27-14)19(15(9-23)21(24)30-18)13-4-5-16-17(8-13)29-11-28-16/h4-5,7-8,14,19H,2-3,6,10-11,24H2,1H3/t14-,19-/m0/s1. The summed E-state index contributed by atoms with van der Waals surface area (Å²) in [7, 11) is 0. The van der Waals surface area contributed by atoms with Crippen LogP contribution in [0.2, 0.25) is 0 Å². The average molecular weight is 407 g/mol. The van der Waals surface area contributed by atoms with Crippen molar-refractivity contribution in [3.05, 3.63) is 62.9 Å². The number of nitrogens with zero attached hydrogens (tertiary/aromatic N) is 2. The molecule has 0 radical (unpaired) electrons. The quantitative estimate of drug-likeness (QED) is 0.831. The van der Waals surface area contributed by atoms with E-state index in [2.05, 4.69) is 6.07 Å². The molecule has 0 spiro atoms. The fourth-order valence-electron chi connectivity index (χ4n) is 4.33. The molecule has 1 aromatic heterocycles. The zero-order valence-corrected chi connectivity index (χ0v) is 16.5. The summed E-state index contributed by atoms with van der Waals surface area (Å²) in [4.78, 5) is 13.6. The topological polar surface area (TPSA) is 109 Å². The van der Waals surface area contributed by atoms with E-state index in [0.717, 1.165) is 18.5 Å². The second kappa shape index (κ2) is 7.11. The van der Waals surface area contributed by atoms with Crippen LogP contribution in [-0.2, 0) is 11.3 Å². The minimum atomic E-state index is -0.655. The van der Waals surface area contributed by atoms with E-state index in [4.69, 9.17) is 24.7 Å². The van der Waals surface area contributed by atoms with Gasteiger partial charge in [0.25, 0.3) is 5.56 Å². The molecule has 3 aliphatic rings. The van der Waals surface area contributed by atoms with Crippen molar-refractivity contribution >= 4 is 0 Å². The average Bonchev–Trinajstić information content (AvgIpc) is 3.41. The normalized spacial score (nSPS) is 21.9. The minimum Gasteiger partial charge on any atom is -0.454 e. The molecule has 8 heteroatoms. The first-order valence-electron chi connectivity index (χ1n) is 9.90. The Balaban J connectivity index is 1.67. The predicted octanol–water partition coefficient (Wildman–Crippen LogP) is 2.28. The largest absolute Gasteiger partial charge is 0.454 e. The van der Waals surface area contributed by atoms with Crippen molar-refractivity contribution in [1.29, 1.82) is 5.26 Å². The number of rotatable bonds is 3. The number of benzene rings is 1. The number of ether oxygens (including phenoxy) is 4. The number of fused-ring (bicyclic) bond motifs is 2. The molecular weight excluding hydrogens is 386 g/mol. The van der Waals surface area contributed by atoms with E-state index in [1.807, 2.05) is 13.0 Å². The Morgan fingerprint density at radius 1 is 1.23 bits per heavy atom. The van der Waals surface area contributed by atoms with Crippen LogP contribution in [0.25, 0.3) is 0 Å². The maximum Gasteiger partial charge on any atom is 0.258 e. The highest BCUT2D eigenvalue weighted by Crippen LogP contribution is 2.43. The van der Waals surface area contributed by atoms with Gasteiger partial charge in [-0.25, -0.2) is 0 Å². The summed E-state index contributed by atoms with van der Waals surface area (Å²) >= 11 is 0. The summed E-state index contributed by atoms with van der Waals surface area (Å²) in [6.45, 7) is 3.17. The molecule has 1 aromatic carbocycles. The molecule has 1 fully saturated rings. The van der Waals surface area contributed by atoms with Crippen LogP contribution < -0.4 is 25.5 Å². The Bertz CT molecular complexity index is 1150. The Kier molecular flexibility index (Phi) is 4.40. The summed E-state index contributed by atoms with van der Waals surface area (Å²) in [5.41, 5.74) is 7.92. The van der Waals surface area contributed by atoms with Crippen molar-refractivity contribution in [3.63, 3.8) is 0 Å². The lowest BCUT2D eigenvalue weighted by Gasteiger charge is -2.28. The fourth-order valence-corrected chi connectivity index (χ4v) is 4.33. The maximum atomic E-state index is 13.6. The molecule has 2 aromatic rings. The highest BCUT2D eigenvalue weighted by atomic mass is 16.7. The van der Waals surface area contributed by atoms with Crippen LogP contribution in [-0.4, -0.2) is 24.1 Å². The fraction of sp³-hybridized carbons (Fsp3) is 0.364. The van der Waals surface area contributed by atoms with Gasteiger partial charge in [0.2, 0.25) is 12.7 Å². The van der Waals surface area contributed by atoms with Crippen molar-refractivity contribution in [3.8, 4) is 23.3 Å². The van der Waals surface area contributed by atoms with Gasteiger partial charge in [-0.1, -0.05) is 6.07 Å². The molecule has 5 rings (SSSR count). The molecule has 2 N–H and O–H groups in total. The molecular formula is C22H21N3O5. The monoisotopic (exact) mass is 407 g/mol. The second-order valence-corrected chi connectivity index (χ2v) is 7.65. The number of aromatic nitrogens is 1. The van der Waals surface area contributed by atoms with E-state index in [1.165, 1.54) is 0 Å². The van der Waals surface area contributed by atoms with Crippen LogP contribution in [0, 0.1) is 18.3 Å². The lowest BCUT2D eigenvalue weighted by atomic mass is 9.84. The summed E-state index contributed by atoms with van der Waals surface area (Å²) in [6, 6.07) is 9.31. The lowest BCUT2D eigenvalue weighted by Crippen LogP contribution is -2.35. The van der Waals surface area contributed by atoms with Crippen molar-refractivity contribution < 1.29 is 18.9 Å². The summed E-state index contributed by atoms with van der Waals surface area (Å²) in [5.74, 6) is 0.921. The van der Waals surface area contributed by atoms with Gasteiger partial charge in [-0.15, -0.1) is 0 Å². The molecule has 0 amide bonds. The molecule has 0 bridgehead atoms. The van der Waals surface area contributed by atoms with E-state index in [9.17, 15) is 10.1 Å². The Morgan fingerprint density at radius 2 is 2.07 bits per heavy atom. The van der Waals surface area contributed by atoms with Gasteiger partial charge in [0, 0.05) is 18.4 Å². The first-order valence-corrected chi connectivity index (χ1v) is 9.90. The van der Waals surface area contributed by atoms with Gasteiger partial charge in [0.15, 0.2) is 11.5 Å². The Labute approximate surface area is 173 Å². The van der Waals surface area contributed by atoms with E-state index in [0.29, 0.717) is 41.5 Å². The van der Waals surface area contributed by atoms with Gasteiger partial charge < -0.3 is 29.2 Å². The molecule has 8 nitrogen and oxygen atoms in total. The third-order valence-corrected chi connectivity index (χ3v) is 5.83. The van der Waals surface area contributed by atoms with Gasteiger partial charge >= 0.3 is 0 Å². The summed E-state index contributed by atoms with van der Waals surface area (Å²) < 4.78 is 24.0. The number of nitrogens with two attached hydrogens (primary N) is 1. The predicted molar refractivity (Wildman–Crippen MR) is 106 cm³/mol. The number of nitriles is 1. The van der Waals surface area contributed by atoms with Crippen molar-refractivity contribution in [2.75, 3.05) is 13.4 Å². The number of hydrogen-bond acceptors (Lipinski definition) is 7. The van der Waals surface area contributed by atoms with Crippen LogP contribution >= 0.6 is 0 Å². The Morgan fingerprint density at radius 3 is 2.83 bits per heavy atom. The first-order chi connectivity index (χ1) is 14.6. The molecule has 154 valence electrons. The zero-order chi connectivity index (χ0) is 20.8. The summed E-state index contributed by atoms with van der Waals surface area (Å²) in [5, 5.41) is 9.80. The molecule has 30 heavy (non-hydrogen) atoms. The lowest BCUT2D eigenvalue weighted by molar-refractivity contribution is 0.0955. The second-order valence-electron chi connectivity index (χ2n) is 7.65. The van der Waals surface area contributed by atoms with Crippen LogP contribution in [0.3, 0.4) is 0 Å². The van der Waals surface area contributed by atoms with Gasteiger partial charge in [-0.05, 0) is 37.5 Å². The maximum absolute atomic E-state index is 13.6. The van der Waals surface area contributed by atoms with Crippen LogP contribution in [0.15, 0.2) is 40.5 Å². The van der Waals surface area contributed by atoms with Crippen LogP contribution in [0.1, 0.15) is 35.6 Å². The summed E-state index contributed by atoms with van der Waals surface area (Å²) in [6.07, 6.45) is 1.91. The first kappa shape index (κ1) is 18.6. The smallest absolute Gasteiger partial charge is 0.258 e. The van der Waals surface area contributed by atoms with Crippen LogP contribution in [0.4, 0.5) is 0 Å². The zero-order valence-electron chi connectivity index (χ0n) is 16.5. The van der Waals surface area contributed by atoms with Gasteiger partial charge in [-0.3, -0.25) is 4.79 Å². The molecule has 3 aliphatic heterocycles. The van der Waals surface area contributed by atoms with Crippen molar-refractivity contribution in [2.24, 2.45) is 5.73 Å². The molecule has 0 saturated carbocycles. The third-order valence-electron chi connectivity index (χ3n) is 5.83. The molecule has 2 atom stereocenters. The van der Waals surface area contributed by atoms with Gasteiger partial charge in [-0.2, -0.15) is 5.26 Å². The number of pyridine rings is 1. The van der Waals surface area contributed by atoms with Crippen LogP contribution in [0.5, 0.6) is 17.2 Å². The van der Waals surface area contributed by atoms with Gasteiger partial charge in [0.1, 0.15) is 17.4 Å². The van der Waals surface area contributed by atoms with E-state index in [-0.39, 0.29) is 29.9 Å². The van der Waals surface area contributed by atoms with E-state index in [1.54, 1.807) is 22.8 Å². The van der Waals surface area contributed by atoms with E-state index >= 15 is 0 Å². The SMILES string of the molecule is Cc1cc2c(c(=O)n1C[C@@H]1CCCO1)[C@@H](c1ccc3c(c1)OCO3)C(C#N)=C(N)O2. The van der Waals surface area contributed by atoms with E-state index < -0.39 is 5.92 Å². The highest BCUT2D eigenvalue weighted by Gasteiger charge is 2.35. The number of aryl methyl sites for hydroxylation is 1. The molecule has 4 heterocycles. The molecule has 1 saturated heterocycles. The molecule has 0 aliphatic carbocycles. The highest BCUT2D eigenvalue weighted by molar-refractivity contribution is 5.57. The minimum absolute atomic E-state index is 0.00310. The van der Waals surface area contributed by atoms with Crippen molar-refractivity contribution in [1.82, 2.24) is 4.57 Å². The van der Waals surface area contributed by atoms with Gasteiger partial charge in [0.05, 0.1) is 24.1 Å². The number of allylic oxidation sites excluding steroid dienone is 1. The third kappa shape index (κ3) is 2.90.